The van der Waals surface area contributed by atoms with Crippen molar-refractivity contribution in [3.05, 3.63) is 0 Å². The van der Waals surface area contributed by atoms with Gasteiger partial charge in [-0.1, -0.05) is 13.8 Å². The summed E-state index contributed by atoms with van der Waals surface area (Å²) in [5, 5.41) is 3.46. The molecule has 3 heterocycles. The molecule has 0 spiro atoms. The number of nitrogens with one attached hydrogen (secondary N) is 1. The highest BCUT2D eigenvalue weighted by molar-refractivity contribution is 5.84. The van der Waals surface area contributed by atoms with Gasteiger partial charge in [-0.2, -0.15) is 0 Å². The number of carbonyl (C=O) groups is 2. The summed E-state index contributed by atoms with van der Waals surface area (Å²) in [7, 11) is 2.10. The Bertz CT molecular complexity index is 616. The Morgan fingerprint density at radius 2 is 1.73 bits per heavy atom. The van der Waals surface area contributed by atoms with Crippen molar-refractivity contribution < 1.29 is 14.3 Å². The molecule has 0 aromatic heterocycles. The summed E-state index contributed by atoms with van der Waals surface area (Å²) in [5.41, 5.74) is 0.364. The molecule has 3 aliphatic heterocycles. The minimum absolute atomic E-state index is 0.0920. The molecule has 4 fully saturated rings. The van der Waals surface area contributed by atoms with Crippen molar-refractivity contribution in [3.63, 3.8) is 0 Å². The lowest BCUT2D eigenvalue weighted by atomic mass is 9.75. The molecule has 2 amide bonds. The Morgan fingerprint density at radius 1 is 1.03 bits per heavy atom. The number of ether oxygens (including phenoxy) is 1. The van der Waals surface area contributed by atoms with E-state index in [4.69, 9.17) is 4.74 Å². The van der Waals surface area contributed by atoms with E-state index in [2.05, 4.69) is 36.0 Å². The molecule has 0 aromatic carbocycles. The lowest BCUT2D eigenvalue weighted by Gasteiger charge is -2.43. The molecule has 3 atom stereocenters. The van der Waals surface area contributed by atoms with E-state index in [9.17, 15) is 9.59 Å². The van der Waals surface area contributed by atoms with E-state index in [0.29, 0.717) is 18.6 Å². The molecular weight excluding hydrogens is 380 g/mol. The topological polar surface area (TPSA) is 65.1 Å². The maximum absolute atomic E-state index is 13.5. The van der Waals surface area contributed by atoms with Crippen LogP contribution in [0.5, 0.6) is 0 Å². The largest absolute Gasteiger partial charge is 0.368 e. The van der Waals surface area contributed by atoms with Crippen LogP contribution in [0.2, 0.25) is 0 Å². The molecule has 1 saturated carbocycles. The number of piperazine rings is 1. The van der Waals surface area contributed by atoms with Crippen LogP contribution in [0.25, 0.3) is 0 Å². The molecular formula is C23H40N4O3. The highest BCUT2D eigenvalue weighted by atomic mass is 16.5. The van der Waals surface area contributed by atoms with E-state index in [1.165, 1.54) is 0 Å². The molecule has 30 heavy (non-hydrogen) atoms. The molecule has 7 heteroatoms. The number of amides is 2. The Balaban J connectivity index is 1.43. The fraction of sp³-hybridized carbons (Fsp3) is 0.913. The maximum Gasteiger partial charge on any atom is 0.252 e. The summed E-state index contributed by atoms with van der Waals surface area (Å²) in [4.78, 5) is 33.0. The quantitative estimate of drug-likeness (QED) is 0.746. The van der Waals surface area contributed by atoms with Crippen molar-refractivity contribution >= 4 is 11.8 Å². The minimum atomic E-state index is -0.285. The van der Waals surface area contributed by atoms with Gasteiger partial charge in [0.05, 0.1) is 6.04 Å². The van der Waals surface area contributed by atoms with Crippen molar-refractivity contribution in [3.8, 4) is 0 Å². The predicted molar refractivity (Wildman–Crippen MR) is 116 cm³/mol. The van der Waals surface area contributed by atoms with Gasteiger partial charge in [0.25, 0.3) is 5.91 Å². The average Bonchev–Trinajstić information content (AvgIpc) is 3.42. The summed E-state index contributed by atoms with van der Waals surface area (Å²) in [6.07, 6.45) is 6.65. The van der Waals surface area contributed by atoms with Gasteiger partial charge in [0.15, 0.2) is 0 Å². The average molecular weight is 421 g/mol. The molecule has 1 N–H and O–H groups in total. The third-order valence-corrected chi connectivity index (χ3v) is 7.78. The van der Waals surface area contributed by atoms with Crippen LogP contribution in [0.3, 0.4) is 0 Å². The normalized spacial score (nSPS) is 33.0. The van der Waals surface area contributed by atoms with Gasteiger partial charge in [0.1, 0.15) is 6.10 Å². The van der Waals surface area contributed by atoms with Gasteiger partial charge in [0.2, 0.25) is 5.91 Å². The molecule has 0 bridgehead atoms. The monoisotopic (exact) mass is 420 g/mol. The molecule has 170 valence electrons. The van der Waals surface area contributed by atoms with Gasteiger partial charge in [-0.05, 0) is 57.4 Å². The van der Waals surface area contributed by atoms with Crippen molar-refractivity contribution in [1.82, 2.24) is 20.0 Å². The standard InChI is InChI=1S/C23H40N4O3/c1-23(2)8-6-17(7-9-23)27(22(29)20-5-4-14-30-20)18-15-19(24-16-18)21(28)26-12-10-25(3)11-13-26/h17-20,24H,4-16H2,1-3H3/t18-,19+,20?/m0/s1. The van der Waals surface area contributed by atoms with E-state index in [1.54, 1.807) is 0 Å². The van der Waals surface area contributed by atoms with Crippen LogP contribution < -0.4 is 5.32 Å². The fourth-order valence-electron chi connectivity index (χ4n) is 5.62. The summed E-state index contributed by atoms with van der Waals surface area (Å²) >= 11 is 0. The lowest BCUT2D eigenvalue weighted by molar-refractivity contribution is -0.147. The summed E-state index contributed by atoms with van der Waals surface area (Å²) in [6.45, 7) is 9.53. The van der Waals surface area contributed by atoms with E-state index >= 15 is 0 Å². The van der Waals surface area contributed by atoms with E-state index in [1.807, 2.05) is 4.90 Å². The molecule has 0 radical (unpaired) electrons. The van der Waals surface area contributed by atoms with Crippen LogP contribution >= 0.6 is 0 Å². The van der Waals surface area contributed by atoms with Gasteiger partial charge < -0.3 is 24.8 Å². The van der Waals surface area contributed by atoms with Crippen molar-refractivity contribution in [2.75, 3.05) is 46.4 Å². The third-order valence-electron chi connectivity index (χ3n) is 7.78. The van der Waals surface area contributed by atoms with Crippen LogP contribution in [-0.2, 0) is 14.3 Å². The number of likely N-dealkylation sites (N-methyl/N-ethyl adjacent to an activating group) is 1. The maximum atomic E-state index is 13.5. The Kier molecular flexibility index (Phi) is 6.70. The van der Waals surface area contributed by atoms with E-state index in [0.717, 1.165) is 71.1 Å². The first-order valence-electron chi connectivity index (χ1n) is 12.0. The molecule has 1 unspecified atom stereocenters. The first-order valence-corrected chi connectivity index (χ1v) is 12.0. The summed E-state index contributed by atoms with van der Waals surface area (Å²) in [6, 6.07) is 0.201. The second-order valence-corrected chi connectivity index (χ2v) is 10.6. The second-order valence-electron chi connectivity index (χ2n) is 10.6. The molecule has 4 aliphatic rings. The Hall–Kier alpha value is -1.18. The molecule has 3 saturated heterocycles. The van der Waals surface area contributed by atoms with Crippen molar-refractivity contribution in [2.24, 2.45) is 5.41 Å². The zero-order valence-corrected chi connectivity index (χ0v) is 19.1. The SMILES string of the molecule is CN1CCN(C(=O)[C@H]2C[C@H](N(C(=O)C3CCCO3)C3CCC(C)(C)CC3)CN2)CC1. The van der Waals surface area contributed by atoms with Gasteiger partial charge in [-0.25, -0.2) is 0 Å². The van der Waals surface area contributed by atoms with Crippen LogP contribution in [0, 0.1) is 5.41 Å². The summed E-state index contributed by atoms with van der Waals surface area (Å²) in [5.74, 6) is 0.372. The molecule has 0 aromatic rings. The summed E-state index contributed by atoms with van der Waals surface area (Å²) < 4.78 is 5.78. The molecule has 1 aliphatic carbocycles. The van der Waals surface area contributed by atoms with E-state index in [-0.39, 0.29) is 36.0 Å². The van der Waals surface area contributed by atoms with Crippen LogP contribution in [-0.4, -0.2) is 97.1 Å². The zero-order chi connectivity index (χ0) is 21.3. The zero-order valence-electron chi connectivity index (χ0n) is 19.1. The van der Waals surface area contributed by atoms with E-state index < -0.39 is 0 Å². The van der Waals surface area contributed by atoms with Crippen molar-refractivity contribution in [2.45, 2.75) is 83.0 Å². The van der Waals surface area contributed by atoms with Gasteiger partial charge in [-0.15, -0.1) is 0 Å². The fourth-order valence-corrected chi connectivity index (χ4v) is 5.62. The molecule has 7 nitrogen and oxygen atoms in total. The van der Waals surface area contributed by atoms with Gasteiger partial charge >= 0.3 is 0 Å². The predicted octanol–water partition coefficient (Wildman–Crippen LogP) is 1.47. The number of rotatable bonds is 4. The van der Waals surface area contributed by atoms with Crippen molar-refractivity contribution in [1.29, 1.82) is 0 Å². The minimum Gasteiger partial charge on any atom is -0.368 e. The van der Waals surface area contributed by atoms with Gasteiger partial charge in [-0.3, -0.25) is 9.59 Å². The van der Waals surface area contributed by atoms with Gasteiger partial charge in [0, 0.05) is 51.4 Å². The number of hydrogen-bond donors (Lipinski definition) is 1. The second kappa shape index (κ2) is 9.13. The Morgan fingerprint density at radius 3 is 2.37 bits per heavy atom. The molecule has 4 rings (SSSR count). The highest BCUT2D eigenvalue weighted by Gasteiger charge is 2.43. The number of hydrogen-bond acceptors (Lipinski definition) is 5. The lowest BCUT2D eigenvalue weighted by Crippen LogP contribution is -2.53. The van der Waals surface area contributed by atoms with Crippen LogP contribution in [0.15, 0.2) is 0 Å². The first kappa shape index (κ1) is 22.0. The third kappa shape index (κ3) is 4.83. The number of carbonyl (C=O) groups excluding carboxylic acids is 2. The Labute approximate surface area is 181 Å². The van der Waals surface area contributed by atoms with Crippen LogP contribution in [0.4, 0.5) is 0 Å². The van der Waals surface area contributed by atoms with Crippen LogP contribution in [0.1, 0.15) is 58.8 Å². The smallest absolute Gasteiger partial charge is 0.252 e. The first-order chi connectivity index (χ1) is 14.3. The number of nitrogens with zero attached hydrogens (tertiary/aromatic N) is 3. The highest BCUT2D eigenvalue weighted by Crippen LogP contribution is 2.38.